The van der Waals surface area contributed by atoms with Gasteiger partial charge in [0.05, 0.1) is 11.4 Å². The highest BCUT2D eigenvalue weighted by Gasteiger charge is 2.11. The fourth-order valence-corrected chi connectivity index (χ4v) is 5.11. The second kappa shape index (κ2) is 10.9. The molecule has 1 N–H and O–H groups in total. The molecule has 0 saturated heterocycles. The summed E-state index contributed by atoms with van der Waals surface area (Å²) < 4.78 is 0. The van der Waals surface area contributed by atoms with E-state index in [2.05, 4.69) is 126 Å². The minimum atomic E-state index is 0.713. The van der Waals surface area contributed by atoms with Crippen LogP contribution in [0.3, 0.4) is 0 Å². The molecule has 0 bridgehead atoms. The summed E-state index contributed by atoms with van der Waals surface area (Å²) in [5.41, 5.74) is 11.9. The van der Waals surface area contributed by atoms with Gasteiger partial charge in [0.25, 0.3) is 0 Å². The van der Waals surface area contributed by atoms with E-state index in [9.17, 15) is 0 Å². The number of hydrogen-bond donors (Lipinski definition) is 1. The summed E-state index contributed by atoms with van der Waals surface area (Å²) in [7, 11) is 0. The Hall–Kier alpha value is -5.54. The number of nitrogens with one attached hydrogen (secondary N) is 1. The van der Waals surface area contributed by atoms with Crippen molar-refractivity contribution in [3.05, 3.63) is 158 Å². The summed E-state index contributed by atoms with van der Waals surface area (Å²) in [5.74, 6) is 0.713. The standard InChI is InChI=1S/C38H27N3/c1-3-8-27(9-4-1)28-17-23-34(24-18-28)38-40-36(31-10-5-2-6-11-31)26-37(41-38)33-21-15-30(16-22-33)29-13-19-32(20-14-29)35-12-7-25-39-35/h1-26,39H. The van der Waals surface area contributed by atoms with Crippen LogP contribution in [0.2, 0.25) is 0 Å². The first-order chi connectivity index (χ1) is 20.3. The van der Waals surface area contributed by atoms with E-state index in [1.54, 1.807) is 0 Å². The third kappa shape index (κ3) is 5.21. The van der Waals surface area contributed by atoms with E-state index in [0.29, 0.717) is 5.82 Å². The van der Waals surface area contributed by atoms with Crippen LogP contribution in [-0.4, -0.2) is 15.0 Å². The molecular weight excluding hydrogens is 498 g/mol. The summed E-state index contributed by atoms with van der Waals surface area (Å²) in [4.78, 5) is 13.3. The average molecular weight is 526 g/mol. The first kappa shape index (κ1) is 24.5. The highest BCUT2D eigenvalue weighted by Crippen LogP contribution is 2.31. The Kier molecular flexibility index (Phi) is 6.52. The van der Waals surface area contributed by atoms with Gasteiger partial charge in [-0.2, -0.15) is 0 Å². The van der Waals surface area contributed by atoms with Gasteiger partial charge in [-0.15, -0.1) is 0 Å². The van der Waals surface area contributed by atoms with E-state index in [1.165, 1.54) is 27.8 Å². The van der Waals surface area contributed by atoms with Gasteiger partial charge >= 0.3 is 0 Å². The lowest BCUT2D eigenvalue weighted by Crippen LogP contribution is -1.96. The van der Waals surface area contributed by atoms with Gasteiger partial charge in [0, 0.05) is 28.6 Å². The van der Waals surface area contributed by atoms with Gasteiger partial charge in [0.15, 0.2) is 5.82 Å². The van der Waals surface area contributed by atoms with E-state index >= 15 is 0 Å². The fraction of sp³-hybridized carbons (Fsp3) is 0. The van der Waals surface area contributed by atoms with Gasteiger partial charge in [-0.3, -0.25) is 0 Å². The molecule has 0 saturated carbocycles. The molecule has 0 fully saturated rings. The van der Waals surface area contributed by atoms with Crippen molar-refractivity contribution in [3.63, 3.8) is 0 Å². The van der Waals surface area contributed by atoms with Crippen molar-refractivity contribution < 1.29 is 0 Å². The normalized spacial score (nSPS) is 10.9. The monoisotopic (exact) mass is 525 g/mol. The van der Waals surface area contributed by atoms with E-state index < -0.39 is 0 Å². The molecule has 41 heavy (non-hydrogen) atoms. The third-order valence-corrected chi connectivity index (χ3v) is 7.35. The molecular formula is C38H27N3. The Morgan fingerprint density at radius 3 is 1.27 bits per heavy atom. The largest absolute Gasteiger partial charge is 0.361 e. The molecule has 7 aromatic rings. The second-order valence-electron chi connectivity index (χ2n) is 10.0. The van der Waals surface area contributed by atoms with Gasteiger partial charge in [-0.05, 0) is 46.0 Å². The number of aromatic nitrogens is 3. The van der Waals surface area contributed by atoms with Gasteiger partial charge in [0.2, 0.25) is 0 Å². The van der Waals surface area contributed by atoms with Crippen LogP contribution in [0.4, 0.5) is 0 Å². The maximum absolute atomic E-state index is 5.03. The molecule has 2 aromatic heterocycles. The predicted molar refractivity (Wildman–Crippen MR) is 169 cm³/mol. The number of rotatable bonds is 6. The smallest absolute Gasteiger partial charge is 0.160 e. The SMILES string of the molecule is c1ccc(-c2ccc(-c3nc(-c4ccccc4)cc(-c4ccc(-c5ccc(-c6ccc[nH]6)cc5)cc4)n3)cc2)cc1. The van der Waals surface area contributed by atoms with Crippen molar-refractivity contribution in [1.29, 1.82) is 0 Å². The van der Waals surface area contributed by atoms with Crippen LogP contribution in [0.25, 0.3) is 67.4 Å². The molecule has 0 spiro atoms. The zero-order chi connectivity index (χ0) is 27.4. The number of hydrogen-bond acceptors (Lipinski definition) is 2. The number of H-pyrrole nitrogens is 1. The quantitative estimate of drug-likeness (QED) is 0.235. The van der Waals surface area contributed by atoms with Crippen LogP contribution in [0.15, 0.2) is 158 Å². The summed E-state index contributed by atoms with van der Waals surface area (Å²) in [5, 5.41) is 0. The van der Waals surface area contributed by atoms with Crippen LogP contribution in [0, 0.1) is 0 Å². The van der Waals surface area contributed by atoms with Crippen molar-refractivity contribution in [1.82, 2.24) is 15.0 Å². The van der Waals surface area contributed by atoms with Gasteiger partial charge in [-0.25, -0.2) is 9.97 Å². The molecule has 7 rings (SSSR count). The number of nitrogens with zero attached hydrogens (tertiary/aromatic N) is 2. The Bertz CT molecular complexity index is 1870. The molecule has 194 valence electrons. The Labute approximate surface area is 239 Å². The first-order valence-electron chi connectivity index (χ1n) is 13.8. The molecule has 0 aliphatic heterocycles. The van der Waals surface area contributed by atoms with Crippen molar-refractivity contribution in [2.75, 3.05) is 0 Å². The van der Waals surface area contributed by atoms with E-state index in [0.717, 1.165) is 33.8 Å². The fourth-order valence-electron chi connectivity index (χ4n) is 5.11. The molecule has 3 nitrogen and oxygen atoms in total. The minimum Gasteiger partial charge on any atom is -0.361 e. The molecule has 5 aromatic carbocycles. The highest BCUT2D eigenvalue weighted by atomic mass is 14.9. The summed E-state index contributed by atoms with van der Waals surface area (Å²) in [6.45, 7) is 0. The van der Waals surface area contributed by atoms with Crippen LogP contribution in [-0.2, 0) is 0 Å². The molecule has 0 atom stereocenters. The number of benzene rings is 5. The van der Waals surface area contributed by atoms with Crippen LogP contribution < -0.4 is 0 Å². The van der Waals surface area contributed by atoms with Gasteiger partial charge in [0.1, 0.15) is 0 Å². The minimum absolute atomic E-state index is 0.713. The maximum Gasteiger partial charge on any atom is 0.160 e. The Morgan fingerprint density at radius 1 is 0.341 bits per heavy atom. The number of aromatic amines is 1. The van der Waals surface area contributed by atoms with Gasteiger partial charge < -0.3 is 4.98 Å². The summed E-state index contributed by atoms with van der Waals surface area (Å²) >= 11 is 0. The lowest BCUT2D eigenvalue weighted by molar-refractivity contribution is 1.18. The topological polar surface area (TPSA) is 41.6 Å². The van der Waals surface area contributed by atoms with Gasteiger partial charge in [-0.1, -0.05) is 133 Å². The Morgan fingerprint density at radius 2 is 0.756 bits per heavy atom. The zero-order valence-electron chi connectivity index (χ0n) is 22.4. The molecule has 3 heteroatoms. The molecule has 0 aliphatic carbocycles. The lowest BCUT2D eigenvalue weighted by atomic mass is 10.00. The average Bonchev–Trinajstić information content (AvgIpc) is 3.61. The van der Waals surface area contributed by atoms with E-state index in [1.807, 2.05) is 36.5 Å². The van der Waals surface area contributed by atoms with Crippen molar-refractivity contribution >= 4 is 0 Å². The van der Waals surface area contributed by atoms with E-state index in [-0.39, 0.29) is 0 Å². The van der Waals surface area contributed by atoms with Crippen LogP contribution in [0.1, 0.15) is 0 Å². The summed E-state index contributed by atoms with van der Waals surface area (Å²) in [6, 6.07) is 52.6. The van der Waals surface area contributed by atoms with Crippen molar-refractivity contribution in [3.8, 4) is 67.4 Å². The summed E-state index contributed by atoms with van der Waals surface area (Å²) in [6.07, 6.45) is 1.95. The first-order valence-corrected chi connectivity index (χ1v) is 13.8. The molecule has 0 aliphatic rings. The second-order valence-corrected chi connectivity index (χ2v) is 10.0. The van der Waals surface area contributed by atoms with Crippen LogP contribution in [0.5, 0.6) is 0 Å². The van der Waals surface area contributed by atoms with E-state index in [4.69, 9.17) is 9.97 Å². The molecule has 0 unspecified atom stereocenters. The Balaban J connectivity index is 1.23. The molecule has 2 heterocycles. The molecule has 0 amide bonds. The highest BCUT2D eigenvalue weighted by molar-refractivity contribution is 5.76. The lowest BCUT2D eigenvalue weighted by Gasteiger charge is -2.11. The zero-order valence-corrected chi connectivity index (χ0v) is 22.4. The third-order valence-electron chi connectivity index (χ3n) is 7.35. The van der Waals surface area contributed by atoms with Crippen LogP contribution >= 0.6 is 0 Å². The molecule has 0 radical (unpaired) electrons. The maximum atomic E-state index is 5.03. The van der Waals surface area contributed by atoms with Crippen molar-refractivity contribution in [2.24, 2.45) is 0 Å². The predicted octanol–water partition coefficient (Wildman–Crippen LogP) is 9.81. The van der Waals surface area contributed by atoms with Crippen molar-refractivity contribution in [2.45, 2.75) is 0 Å².